The molecule has 2 rings (SSSR count). The van der Waals surface area contributed by atoms with Crippen LogP contribution in [-0.4, -0.2) is 16.5 Å². The summed E-state index contributed by atoms with van der Waals surface area (Å²) in [6.45, 7) is 3.15. The maximum absolute atomic E-state index is 4.32. The zero-order valence-electron chi connectivity index (χ0n) is 9.26. The molecule has 0 fully saturated rings. The van der Waals surface area contributed by atoms with Crippen LogP contribution >= 0.6 is 11.3 Å². The van der Waals surface area contributed by atoms with Crippen molar-refractivity contribution >= 4 is 11.3 Å². The van der Waals surface area contributed by atoms with Crippen LogP contribution in [0.15, 0.2) is 35.4 Å². The molecule has 84 valence electrons. The maximum Gasteiger partial charge on any atom is 0.115 e. The Morgan fingerprint density at radius 2 is 2.38 bits per heavy atom. The minimum absolute atomic E-state index is 0.189. The molecule has 0 bridgehead atoms. The topological polar surface area (TPSA) is 37.8 Å². The van der Waals surface area contributed by atoms with Crippen molar-refractivity contribution in [3.63, 3.8) is 0 Å². The lowest BCUT2D eigenvalue weighted by atomic mass is 10.1. The first kappa shape index (κ1) is 11.2. The van der Waals surface area contributed by atoms with E-state index in [-0.39, 0.29) is 6.04 Å². The summed E-state index contributed by atoms with van der Waals surface area (Å²) < 4.78 is 0. The van der Waals surface area contributed by atoms with E-state index in [1.165, 1.54) is 5.56 Å². The molecule has 0 aromatic carbocycles. The molecule has 0 aliphatic carbocycles. The fraction of sp³-hybridized carbons (Fsp3) is 0.333. The molecule has 1 unspecified atom stereocenters. The molecule has 0 spiro atoms. The van der Waals surface area contributed by atoms with Crippen molar-refractivity contribution in [3.8, 4) is 0 Å². The summed E-state index contributed by atoms with van der Waals surface area (Å²) in [6.07, 6.45) is 4.50. The summed E-state index contributed by atoms with van der Waals surface area (Å²) in [5.41, 5.74) is 2.30. The van der Waals surface area contributed by atoms with Gasteiger partial charge in [0.1, 0.15) is 6.33 Å². The maximum atomic E-state index is 4.32. The highest BCUT2D eigenvalue weighted by Crippen LogP contribution is 2.21. The number of hydrogen-bond donors (Lipinski definition) is 1. The average Bonchev–Trinajstić information content (AvgIpc) is 2.85. The third-order valence-corrected chi connectivity index (χ3v) is 3.08. The van der Waals surface area contributed by atoms with Crippen molar-refractivity contribution in [1.82, 2.24) is 15.3 Å². The summed E-state index contributed by atoms with van der Waals surface area (Å²) in [5, 5.41) is 7.76. The first-order valence-corrected chi connectivity index (χ1v) is 6.37. The van der Waals surface area contributed by atoms with Gasteiger partial charge in [0, 0.05) is 6.20 Å². The molecule has 0 aliphatic heterocycles. The molecule has 2 heterocycles. The smallest absolute Gasteiger partial charge is 0.115 e. The molecule has 16 heavy (non-hydrogen) atoms. The fourth-order valence-corrected chi connectivity index (χ4v) is 2.28. The number of aromatic nitrogens is 2. The summed E-state index contributed by atoms with van der Waals surface area (Å²) in [4.78, 5) is 8.27. The molecule has 0 saturated heterocycles. The van der Waals surface area contributed by atoms with Crippen molar-refractivity contribution in [2.24, 2.45) is 0 Å². The van der Waals surface area contributed by atoms with Crippen LogP contribution in [0.5, 0.6) is 0 Å². The minimum atomic E-state index is 0.189. The molecule has 0 saturated carbocycles. The summed E-state index contributed by atoms with van der Waals surface area (Å²) in [6, 6.07) is 4.29. The number of nitrogens with zero attached hydrogens (tertiary/aromatic N) is 2. The molecule has 0 amide bonds. The molecule has 2 aromatic heterocycles. The van der Waals surface area contributed by atoms with Crippen LogP contribution in [-0.2, 0) is 0 Å². The molecule has 2 aromatic rings. The molecule has 4 heteroatoms. The van der Waals surface area contributed by atoms with E-state index >= 15 is 0 Å². The zero-order valence-corrected chi connectivity index (χ0v) is 10.1. The van der Waals surface area contributed by atoms with Gasteiger partial charge in [-0.25, -0.2) is 9.97 Å². The van der Waals surface area contributed by atoms with Crippen molar-refractivity contribution < 1.29 is 0 Å². The van der Waals surface area contributed by atoms with Gasteiger partial charge in [0.2, 0.25) is 0 Å². The van der Waals surface area contributed by atoms with Gasteiger partial charge in [0.15, 0.2) is 0 Å². The molecule has 3 nitrogen and oxygen atoms in total. The van der Waals surface area contributed by atoms with Crippen LogP contribution < -0.4 is 5.32 Å². The third-order valence-electron chi connectivity index (χ3n) is 2.38. The minimum Gasteiger partial charge on any atom is -0.305 e. The first-order chi connectivity index (χ1) is 7.92. The van der Waals surface area contributed by atoms with Crippen molar-refractivity contribution in [2.75, 3.05) is 6.54 Å². The van der Waals surface area contributed by atoms with Gasteiger partial charge in [0.25, 0.3) is 0 Å². The quantitative estimate of drug-likeness (QED) is 0.862. The van der Waals surface area contributed by atoms with Gasteiger partial charge in [-0.05, 0) is 41.4 Å². The van der Waals surface area contributed by atoms with Crippen LogP contribution in [0.1, 0.15) is 30.6 Å². The van der Waals surface area contributed by atoms with E-state index < -0.39 is 0 Å². The Labute approximate surface area is 99.6 Å². The monoisotopic (exact) mass is 233 g/mol. The van der Waals surface area contributed by atoms with Crippen LogP contribution in [0.3, 0.4) is 0 Å². The average molecular weight is 233 g/mol. The summed E-state index contributed by atoms with van der Waals surface area (Å²) in [7, 11) is 0. The molecule has 1 atom stereocenters. The van der Waals surface area contributed by atoms with Crippen LogP contribution in [0, 0.1) is 0 Å². The van der Waals surface area contributed by atoms with Crippen LogP contribution in [0.4, 0.5) is 0 Å². The molecule has 1 N–H and O–H groups in total. The molecule has 0 radical (unpaired) electrons. The predicted octanol–water partition coefficient (Wildman–Crippen LogP) is 2.63. The SMILES string of the molecule is CCCNC(c1ccsc1)c1ccncn1. The van der Waals surface area contributed by atoms with Crippen LogP contribution in [0.2, 0.25) is 0 Å². The van der Waals surface area contributed by atoms with E-state index in [1.54, 1.807) is 23.9 Å². The van der Waals surface area contributed by atoms with Crippen molar-refractivity contribution in [1.29, 1.82) is 0 Å². The Kier molecular flexibility index (Phi) is 4.02. The normalized spacial score (nSPS) is 12.6. The summed E-state index contributed by atoms with van der Waals surface area (Å²) >= 11 is 1.71. The van der Waals surface area contributed by atoms with Gasteiger partial charge in [-0.3, -0.25) is 0 Å². The van der Waals surface area contributed by atoms with Crippen molar-refractivity contribution in [3.05, 3.63) is 46.7 Å². The standard InChI is InChI=1S/C12H15N3S/c1-2-5-14-12(10-4-7-16-8-10)11-3-6-13-9-15-11/h3-4,6-9,12,14H,2,5H2,1H3. The number of rotatable bonds is 5. The summed E-state index contributed by atoms with van der Waals surface area (Å²) in [5.74, 6) is 0. The second-order valence-corrected chi connectivity index (χ2v) is 4.36. The Bertz CT molecular complexity index is 399. The molecular formula is C12H15N3S. The second kappa shape index (κ2) is 5.72. The Hall–Kier alpha value is -1.26. The van der Waals surface area contributed by atoms with E-state index in [9.17, 15) is 0 Å². The highest BCUT2D eigenvalue weighted by Gasteiger charge is 2.14. The lowest BCUT2D eigenvalue weighted by Gasteiger charge is -2.16. The van der Waals surface area contributed by atoms with Gasteiger partial charge in [-0.15, -0.1) is 0 Å². The number of hydrogen-bond acceptors (Lipinski definition) is 4. The van der Waals surface area contributed by atoms with E-state index in [4.69, 9.17) is 0 Å². The second-order valence-electron chi connectivity index (χ2n) is 3.58. The molecular weight excluding hydrogens is 218 g/mol. The van der Waals surface area contributed by atoms with E-state index in [2.05, 4.69) is 39.0 Å². The lowest BCUT2D eigenvalue weighted by Crippen LogP contribution is -2.23. The number of nitrogens with one attached hydrogen (secondary N) is 1. The van der Waals surface area contributed by atoms with Gasteiger partial charge in [0.05, 0.1) is 11.7 Å². The third kappa shape index (κ3) is 2.65. The zero-order chi connectivity index (χ0) is 11.2. The number of thiophene rings is 1. The Morgan fingerprint density at radius 3 is 3.00 bits per heavy atom. The van der Waals surface area contributed by atoms with E-state index in [1.807, 2.05) is 6.07 Å². The van der Waals surface area contributed by atoms with E-state index in [0.717, 1.165) is 18.7 Å². The highest BCUT2D eigenvalue weighted by atomic mass is 32.1. The predicted molar refractivity (Wildman–Crippen MR) is 66.5 cm³/mol. The Balaban J connectivity index is 2.21. The molecule has 0 aliphatic rings. The van der Waals surface area contributed by atoms with Gasteiger partial charge in [-0.1, -0.05) is 6.92 Å². The first-order valence-electron chi connectivity index (χ1n) is 5.43. The van der Waals surface area contributed by atoms with Crippen molar-refractivity contribution in [2.45, 2.75) is 19.4 Å². The largest absolute Gasteiger partial charge is 0.305 e. The Morgan fingerprint density at radius 1 is 1.44 bits per heavy atom. The highest BCUT2D eigenvalue weighted by molar-refractivity contribution is 7.08. The van der Waals surface area contributed by atoms with Gasteiger partial charge >= 0.3 is 0 Å². The van der Waals surface area contributed by atoms with Crippen LogP contribution in [0.25, 0.3) is 0 Å². The fourth-order valence-electron chi connectivity index (χ4n) is 1.59. The van der Waals surface area contributed by atoms with Gasteiger partial charge in [-0.2, -0.15) is 11.3 Å². The van der Waals surface area contributed by atoms with Gasteiger partial charge < -0.3 is 5.32 Å². The van der Waals surface area contributed by atoms with E-state index in [0.29, 0.717) is 0 Å². The lowest BCUT2D eigenvalue weighted by molar-refractivity contribution is 0.586.